The van der Waals surface area contributed by atoms with E-state index in [9.17, 15) is 4.39 Å². The third kappa shape index (κ3) is 6.56. The minimum absolute atomic E-state index is 0.0767. The van der Waals surface area contributed by atoms with Crippen LogP contribution < -0.4 is 0 Å². The van der Waals surface area contributed by atoms with Gasteiger partial charge in [0, 0.05) is 0 Å². The summed E-state index contributed by atoms with van der Waals surface area (Å²) in [6.07, 6.45) is 11.1. The van der Waals surface area contributed by atoms with E-state index in [1.807, 2.05) is 6.07 Å². The van der Waals surface area contributed by atoms with Crippen LogP contribution in [0.1, 0.15) is 81.4 Å². The Labute approximate surface area is 200 Å². The van der Waals surface area contributed by atoms with Crippen molar-refractivity contribution in [1.82, 2.24) is 0 Å². The summed E-state index contributed by atoms with van der Waals surface area (Å²) in [5.74, 6) is 2.35. The number of hydrogen-bond acceptors (Lipinski definition) is 0. The van der Waals surface area contributed by atoms with E-state index >= 15 is 0 Å². The van der Waals surface area contributed by atoms with E-state index in [0.29, 0.717) is 5.92 Å². The van der Waals surface area contributed by atoms with Crippen LogP contribution in [0.2, 0.25) is 0 Å². The van der Waals surface area contributed by atoms with E-state index in [0.717, 1.165) is 47.8 Å². The molecule has 3 aromatic carbocycles. The number of hydrogen-bond donors (Lipinski definition) is 0. The Morgan fingerprint density at radius 2 is 1.45 bits per heavy atom. The Hall–Kier alpha value is -2.41. The van der Waals surface area contributed by atoms with Crippen molar-refractivity contribution < 1.29 is 4.39 Å². The minimum Gasteiger partial charge on any atom is -0.207 e. The largest absolute Gasteiger partial charge is 0.207 e. The maximum Gasteiger partial charge on any atom is 0.127 e. The van der Waals surface area contributed by atoms with Gasteiger partial charge in [0.1, 0.15) is 5.82 Å². The molecule has 1 aliphatic carbocycles. The molecular formula is C32H39F. The van der Waals surface area contributed by atoms with Crippen molar-refractivity contribution in [2.24, 2.45) is 11.8 Å². The number of aryl methyl sites for hydroxylation is 2. The summed E-state index contributed by atoms with van der Waals surface area (Å²) < 4.78 is 14.3. The highest BCUT2D eigenvalue weighted by molar-refractivity contribution is 5.64. The minimum atomic E-state index is -0.0767. The zero-order valence-corrected chi connectivity index (χ0v) is 20.4. The molecular weight excluding hydrogens is 403 g/mol. The monoisotopic (exact) mass is 442 g/mol. The fraction of sp³-hybridized carbons (Fsp3) is 0.438. The molecule has 1 atom stereocenters. The van der Waals surface area contributed by atoms with Gasteiger partial charge in [-0.1, -0.05) is 113 Å². The first-order valence-corrected chi connectivity index (χ1v) is 13.0. The molecule has 1 unspecified atom stereocenters. The molecule has 4 rings (SSSR count). The van der Waals surface area contributed by atoms with Gasteiger partial charge in [-0.25, -0.2) is 4.39 Å². The fourth-order valence-corrected chi connectivity index (χ4v) is 5.61. The predicted molar refractivity (Wildman–Crippen MR) is 139 cm³/mol. The Balaban J connectivity index is 1.23. The second kappa shape index (κ2) is 11.6. The van der Waals surface area contributed by atoms with Crippen molar-refractivity contribution in [1.29, 1.82) is 0 Å². The third-order valence-electron chi connectivity index (χ3n) is 7.72. The number of benzene rings is 3. The van der Waals surface area contributed by atoms with Crippen molar-refractivity contribution in [2.75, 3.05) is 0 Å². The Morgan fingerprint density at radius 1 is 0.788 bits per heavy atom. The van der Waals surface area contributed by atoms with Crippen molar-refractivity contribution in [2.45, 2.75) is 77.6 Å². The van der Waals surface area contributed by atoms with E-state index < -0.39 is 0 Å². The average Bonchev–Trinajstić information content (AvgIpc) is 2.86. The van der Waals surface area contributed by atoms with E-state index in [1.54, 1.807) is 6.07 Å². The van der Waals surface area contributed by atoms with Crippen LogP contribution in [0.4, 0.5) is 4.39 Å². The van der Waals surface area contributed by atoms with Gasteiger partial charge in [-0.15, -0.1) is 0 Å². The summed E-state index contributed by atoms with van der Waals surface area (Å²) in [6, 6.07) is 25.5. The molecule has 0 amide bonds. The van der Waals surface area contributed by atoms with E-state index in [4.69, 9.17) is 0 Å². The highest BCUT2D eigenvalue weighted by Gasteiger charge is 2.23. The second-order valence-corrected chi connectivity index (χ2v) is 10.2. The molecule has 0 spiro atoms. The van der Waals surface area contributed by atoms with E-state index in [2.05, 4.69) is 74.5 Å². The SMILES string of the molecule is CCCc1ccc(-c2ccc(CCC3CCC(CC(C)c4ccccc4)CC3)cc2)cc1F. The standard InChI is InChI=1S/C32H39F/c1-3-7-30-20-21-31(23-32(30)33)29-18-16-26(17-19-29)11-10-25-12-14-27(15-13-25)22-24(2)28-8-5-4-6-9-28/h4-6,8-9,16-21,23-25,27H,3,7,10-15,22H2,1-2H3. The quantitative estimate of drug-likeness (QED) is 0.309. The molecule has 1 saturated carbocycles. The maximum absolute atomic E-state index is 14.3. The van der Waals surface area contributed by atoms with E-state index in [1.165, 1.54) is 49.7 Å². The molecule has 0 bridgehead atoms. The summed E-state index contributed by atoms with van der Waals surface area (Å²) in [4.78, 5) is 0. The molecule has 1 aliphatic rings. The van der Waals surface area contributed by atoms with Gasteiger partial charge < -0.3 is 0 Å². The molecule has 0 heterocycles. The van der Waals surface area contributed by atoms with Gasteiger partial charge in [-0.3, -0.25) is 0 Å². The van der Waals surface area contributed by atoms with Crippen LogP contribution in [-0.4, -0.2) is 0 Å². The van der Waals surface area contributed by atoms with Crippen molar-refractivity contribution in [3.63, 3.8) is 0 Å². The lowest BCUT2D eigenvalue weighted by Gasteiger charge is -2.30. The predicted octanol–water partition coefficient (Wildman–Crippen LogP) is 9.38. The van der Waals surface area contributed by atoms with Gasteiger partial charge in [0.25, 0.3) is 0 Å². The molecule has 0 N–H and O–H groups in total. The Morgan fingerprint density at radius 3 is 2.12 bits per heavy atom. The molecule has 1 fully saturated rings. The highest BCUT2D eigenvalue weighted by atomic mass is 19.1. The van der Waals surface area contributed by atoms with Crippen LogP contribution in [0.15, 0.2) is 72.8 Å². The van der Waals surface area contributed by atoms with Gasteiger partial charge >= 0.3 is 0 Å². The zero-order chi connectivity index (χ0) is 23.0. The average molecular weight is 443 g/mol. The smallest absolute Gasteiger partial charge is 0.127 e. The fourth-order valence-electron chi connectivity index (χ4n) is 5.61. The molecule has 1 heteroatoms. The summed E-state index contributed by atoms with van der Waals surface area (Å²) in [7, 11) is 0. The number of rotatable bonds is 9. The van der Waals surface area contributed by atoms with Gasteiger partial charge in [0.2, 0.25) is 0 Å². The summed E-state index contributed by atoms with van der Waals surface area (Å²) in [5.41, 5.74) is 5.79. The van der Waals surface area contributed by atoms with Crippen LogP contribution >= 0.6 is 0 Å². The zero-order valence-electron chi connectivity index (χ0n) is 20.4. The lowest BCUT2D eigenvalue weighted by Crippen LogP contribution is -2.16. The van der Waals surface area contributed by atoms with Gasteiger partial charge in [0.15, 0.2) is 0 Å². The number of halogens is 1. The highest BCUT2D eigenvalue weighted by Crippen LogP contribution is 2.37. The van der Waals surface area contributed by atoms with Crippen molar-refractivity contribution >= 4 is 0 Å². The van der Waals surface area contributed by atoms with Gasteiger partial charge in [0.05, 0.1) is 0 Å². The third-order valence-corrected chi connectivity index (χ3v) is 7.72. The lowest BCUT2D eigenvalue weighted by atomic mass is 9.75. The van der Waals surface area contributed by atoms with Crippen LogP contribution in [0.3, 0.4) is 0 Å². The summed E-state index contributed by atoms with van der Waals surface area (Å²) in [6.45, 7) is 4.48. The Kier molecular flexibility index (Phi) is 8.37. The molecule has 0 saturated heterocycles. The second-order valence-electron chi connectivity index (χ2n) is 10.2. The molecule has 0 aromatic heterocycles. The summed E-state index contributed by atoms with van der Waals surface area (Å²) in [5, 5.41) is 0. The first-order chi connectivity index (χ1) is 16.1. The molecule has 0 radical (unpaired) electrons. The van der Waals surface area contributed by atoms with Crippen LogP contribution in [-0.2, 0) is 12.8 Å². The first kappa shape index (κ1) is 23.7. The molecule has 33 heavy (non-hydrogen) atoms. The molecule has 174 valence electrons. The first-order valence-electron chi connectivity index (χ1n) is 13.0. The van der Waals surface area contributed by atoms with Gasteiger partial charge in [-0.05, 0) is 77.3 Å². The summed E-state index contributed by atoms with van der Waals surface area (Å²) >= 11 is 0. The topological polar surface area (TPSA) is 0 Å². The van der Waals surface area contributed by atoms with Crippen molar-refractivity contribution in [3.8, 4) is 11.1 Å². The lowest BCUT2D eigenvalue weighted by molar-refractivity contribution is 0.245. The van der Waals surface area contributed by atoms with E-state index in [-0.39, 0.29) is 5.82 Å². The van der Waals surface area contributed by atoms with Crippen molar-refractivity contribution in [3.05, 3.63) is 95.3 Å². The molecule has 0 nitrogen and oxygen atoms in total. The normalized spacial score (nSPS) is 19.4. The Bertz CT molecular complexity index is 981. The molecule has 0 aliphatic heterocycles. The molecule has 3 aromatic rings. The van der Waals surface area contributed by atoms with Crippen LogP contribution in [0.25, 0.3) is 11.1 Å². The van der Waals surface area contributed by atoms with Gasteiger partial charge in [-0.2, -0.15) is 0 Å². The van der Waals surface area contributed by atoms with Crippen LogP contribution in [0, 0.1) is 17.7 Å². The van der Waals surface area contributed by atoms with Crippen LogP contribution in [0.5, 0.6) is 0 Å². The maximum atomic E-state index is 14.3.